The van der Waals surface area contributed by atoms with E-state index >= 15 is 0 Å². The van der Waals surface area contributed by atoms with Gasteiger partial charge in [0.1, 0.15) is 18.0 Å². The fourth-order valence-electron chi connectivity index (χ4n) is 2.69. The van der Waals surface area contributed by atoms with Crippen LogP contribution in [0.5, 0.6) is 5.75 Å². The Bertz CT molecular complexity index is 962. The summed E-state index contributed by atoms with van der Waals surface area (Å²) in [5.41, 5.74) is 0.268. The Kier molecular flexibility index (Phi) is 5.71. The predicted molar refractivity (Wildman–Crippen MR) is 104 cm³/mol. The summed E-state index contributed by atoms with van der Waals surface area (Å²) in [6.07, 6.45) is 1.51. The number of carbonyl (C=O) groups is 2. The zero-order valence-corrected chi connectivity index (χ0v) is 16.3. The summed E-state index contributed by atoms with van der Waals surface area (Å²) < 4.78 is 6.11. The number of anilines is 2. The fraction of sp³-hybridized carbons (Fsp3) is 0.294. The molecule has 3 rings (SSSR count). The number of carbonyl (C=O) groups excluding carboxylic acids is 2. The van der Waals surface area contributed by atoms with Crippen LogP contribution in [-0.2, 0) is 16.1 Å². The van der Waals surface area contributed by atoms with Crippen LogP contribution in [0.3, 0.4) is 0 Å². The van der Waals surface area contributed by atoms with Gasteiger partial charge in [-0.2, -0.15) is 5.10 Å². The van der Waals surface area contributed by atoms with Crippen molar-refractivity contribution in [3.63, 3.8) is 0 Å². The summed E-state index contributed by atoms with van der Waals surface area (Å²) in [5.74, 6) is 0.180. The van der Waals surface area contributed by atoms with Crippen molar-refractivity contribution in [2.45, 2.75) is 18.4 Å². The molecular weight excluding hydrogens is 392 g/mol. The number of aromatic nitrogens is 2. The van der Waals surface area contributed by atoms with Gasteiger partial charge in [-0.25, -0.2) is 4.68 Å². The molecule has 1 aliphatic rings. The predicted octanol–water partition coefficient (Wildman–Crippen LogP) is 2.00. The highest BCUT2D eigenvalue weighted by molar-refractivity contribution is 8.00. The standard InChI is InChI=1S/C17H17ClN4O4S/c1-3-21-15(24)9-27-13-7-19-22(17(25)16(13)21)8-14(23)20-10-4-5-12(26-2)11(18)6-10/h4-7H,3,8-9H2,1-2H3,(H,20,23). The number of hydrogen-bond donors (Lipinski definition) is 1. The van der Waals surface area contributed by atoms with Gasteiger partial charge in [-0.15, -0.1) is 11.8 Å². The third kappa shape index (κ3) is 3.93. The van der Waals surface area contributed by atoms with Crippen LogP contribution in [0.4, 0.5) is 11.4 Å². The van der Waals surface area contributed by atoms with Crippen LogP contribution in [0.25, 0.3) is 0 Å². The lowest BCUT2D eigenvalue weighted by molar-refractivity contribution is -0.117. The molecule has 0 saturated carbocycles. The first-order chi connectivity index (χ1) is 12.9. The van der Waals surface area contributed by atoms with Gasteiger partial charge in [0.2, 0.25) is 11.8 Å². The van der Waals surface area contributed by atoms with E-state index in [0.717, 1.165) is 4.68 Å². The summed E-state index contributed by atoms with van der Waals surface area (Å²) in [5, 5.41) is 7.06. The molecule has 142 valence electrons. The normalized spacial score (nSPS) is 13.3. The Balaban J connectivity index is 1.81. The van der Waals surface area contributed by atoms with Gasteiger partial charge in [-0.3, -0.25) is 14.4 Å². The molecule has 0 spiro atoms. The van der Waals surface area contributed by atoms with Gasteiger partial charge in [-0.1, -0.05) is 11.6 Å². The Morgan fingerprint density at radius 3 is 2.85 bits per heavy atom. The lowest BCUT2D eigenvalue weighted by Gasteiger charge is -2.26. The summed E-state index contributed by atoms with van der Waals surface area (Å²) in [4.78, 5) is 39.1. The van der Waals surface area contributed by atoms with Crippen LogP contribution >= 0.6 is 23.4 Å². The van der Waals surface area contributed by atoms with E-state index < -0.39 is 11.5 Å². The van der Waals surface area contributed by atoms with Crippen molar-refractivity contribution in [2.75, 3.05) is 29.6 Å². The molecule has 2 heterocycles. The maximum Gasteiger partial charge on any atom is 0.292 e. The van der Waals surface area contributed by atoms with Crippen molar-refractivity contribution in [1.29, 1.82) is 0 Å². The minimum atomic E-state index is -0.474. The fourth-order valence-corrected chi connectivity index (χ4v) is 3.84. The number of hydrogen-bond acceptors (Lipinski definition) is 6. The molecule has 27 heavy (non-hydrogen) atoms. The second kappa shape index (κ2) is 8.01. The molecule has 0 aliphatic carbocycles. The largest absolute Gasteiger partial charge is 0.495 e. The Hall–Kier alpha value is -2.52. The Morgan fingerprint density at radius 1 is 1.41 bits per heavy atom. The third-order valence-corrected chi connectivity index (χ3v) is 5.25. The number of fused-ring (bicyclic) bond motifs is 1. The first-order valence-corrected chi connectivity index (χ1v) is 9.47. The van der Waals surface area contributed by atoms with E-state index in [1.165, 1.54) is 30.0 Å². The molecule has 0 radical (unpaired) electrons. The minimum absolute atomic E-state index is 0.137. The van der Waals surface area contributed by atoms with E-state index in [1.54, 1.807) is 25.1 Å². The van der Waals surface area contributed by atoms with Gasteiger partial charge in [-0.05, 0) is 25.1 Å². The van der Waals surface area contributed by atoms with E-state index in [1.807, 2.05) is 0 Å². The lowest BCUT2D eigenvalue weighted by Crippen LogP contribution is -2.42. The molecule has 0 atom stereocenters. The van der Waals surface area contributed by atoms with E-state index in [2.05, 4.69) is 10.4 Å². The van der Waals surface area contributed by atoms with Crippen molar-refractivity contribution in [3.05, 3.63) is 39.8 Å². The summed E-state index contributed by atoms with van der Waals surface area (Å²) in [6.45, 7) is 1.89. The molecule has 0 bridgehead atoms. The summed E-state index contributed by atoms with van der Waals surface area (Å²) >= 11 is 7.31. The quantitative estimate of drug-likeness (QED) is 0.813. The van der Waals surface area contributed by atoms with Crippen LogP contribution in [0, 0.1) is 0 Å². The van der Waals surface area contributed by atoms with E-state index in [-0.39, 0.29) is 23.9 Å². The number of thioether (sulfide) groups is 1. The van der Waals surface area contributed by atoms with Crippen LogP contribution in [0.2, 0.25) is 5.02 Å². The van der Waals surface area contributed by atoms with Crippen LogP contribution in [0.1, 0.15) is 6.92 Å². The van der Waals surface area contributed by atoms with E-state index in [9.17, 15) is 14.4 Å². The number of benzene rings is 1. The third-order valence-electron chi connectivity index (χ3n) is 3.95. The maximum atomic E-state index is 12.7. The van der Waals surface area contributed by atoms with Crippen molar-refractivity contribution >= 4 is 46.6 Å². The van der Waals surface area contributed by atoms with E-state index in [4.69, 9.17) is 16.3 Å². The molecular formula is C17H17ClN4O4S. The van der Waals surface area contributed by atoms with Crippen LogP contribution in [-0.4, -0.2) is 41.0 Å². The van der Waals surface area contributed by atoms with E-state index in [0.29, 0.717) is 27.9 Å². The molecule has 0 unspecified atom stereocenters. The van der Waals surface area contributed by atoms with Gasteiger partial charge < -0.3 is 15.0 Å². The first-order valence-electron chi connectivity index (χ1n) is 8.11. The number of ether oxygens (including phenoxy) is 1. The number of methoxy groups -OCH3 is 1. The van der Waals surface area contributed by atoms with Gasteiger partial charge in [0, 0.05) is 12.2 Å². The average molecular weight is 409 g/mol. The SMILES string of the molecule is CCN1C(=O)CSc2cnn(CC(=O)Nc3ccc(OC)c(Cl)c3)c(=O)c21. The van der Waals surface area contributed by atoms with Gasteiger partial charge in [0.25, 0.3) is 5.56 Å². The minimum Gasteiger partial charge on any atom is -0.495 e. The van der Waals surface area contributed by atoms with Gasteiger partial charge >= 0.3 is 0 Å². The lowest BCUT2D eigenvalue weighted by atomic mass is 10.3. The topological polar surface area (TPSA) is 93.5 Å². The zero-order chi connectivity index (χ0) is 19.6. The Morgan fingerprint density at radius 2 is 2.19 bits per heavy atom. The van der Waals surface area contributed by atoms with Crippen LogP contribution < -0.4 is 20.5 Å². The molecule has 2 aromatic rings. The number of nitrogens with one attached hydrogen (secondary N) is 1. The average Bonchev–Trinajstić information content (AvgIpc) is 2.64. The second-order valence-electron chi connectivity index (χ2n) is 5.64. The number of rotatable bonds is 5. The van der Waals surface area contributed by atoms with Crippen molar-refractivity contribution < 1.29 is 14.3 Å². The molecule has 8 nitrogen and oxygen atoms in total. The van der Waals surface area contributed by atoms with Gasteiger partial charge in [0.15, 0.2) is 0 Å². The molecule has 2 amide bonds. The molecule has 1 aliphatic heterocycles. The van der Waals surface area contributed by atoms with Crippen molar-refractivity contribution in [1.82, 2.24) is 9.78 Å². The van der Waals surface area contributed by atoms with Gasteiger partial charge in [0.05, 0.1) is 29.0 Å². The first kappa shape index (κ1) is 19.2. The number of amides is 2. The molecule has 1 aromatic carbocycles. The molecule has 1 aromatic heterocycles. The van der Waals surface area contributed by atoms with Crippen molar-refractivity contribution in [3.8, 4) is 5.75 Å². The maximum absolute atomic E-state index is 12.7. The molecule has 1 N–H and O–H groups in total. The van der Waals surface area contributed by atoms with Crippen LogP contribution in [0.15, 0.2) is 34.1 Å². The summed E-state index contributed by atoms with van der Waals surface area (Å²) in [6, 6.07) is 4.82. The highest BCUT2D eigenvalue weighted by Gasteiger charge is 2.28. The highest BCUT2D eigenvalue weighted by atomic mass is 35.5. The zero-order valence-electron chi connectivity index (χ0n) is 14.7. The number of nitrogens with zero attached hydrogens (tertiary/aromatic N) is 3. The highest BCUT2D eigenvalue weighted by Crippen LogP contribution is 2.31. The molecule has 10 heteroatoms. The second-order valence-corrected chi connectivity index (χ2v) is 7.07. The monoisotopic (exact) mass is 408 g/mol. The Labute approximate surface area is 164 Å². The molecule has 0 fully saturated rings. The molecule has 0 saturated heterocycles. The summed E-state index contributed by atoms with van der Waals surface area (Å²) in [7, 11) is 1.50. The van der Waals surface area contributed by atoms with Crippen molar-refractivity contribution in [2.24, 2.45) is 0 Å². The smallest absolute Gasteiger partial charge is 0.292 e. The number of halogens is 1.